The lowest BCUT2D eigenvalue weighted by molar-refractivity contribution is 0.133. The van der Waals surface area contributed by atoms with E-state index >= 15 is 0 Å². The molecule has 0 fully saturated rings. The van der Waals surface area contributed by atoms with Gasteiger partial charge in [-0.1, -0.05) is 13.3 Å². The lowest BCUT2D eigenvalue weighted by Gasteiger charge is -2.06. The molecule has 0 atom stereocenters. The summed E-state index contributed by atoms with van der Waals surface area (Å²) in [6.07, 6.45) is 2.35. The lowest BCUT2D eigenvalue weighted by atomic mass is 10.2. The van der Waals surface area contributed by atoms with Gasteiger partial charge in [0.15, 0.2) is 0 Å². The van der Waals surface area contributed by atoms with E-state index < -0.39 is 0 Å². The molecule has 0 unspecified atom stereocenters. The Morgan fingerprint density at radius 3 is 2.75 bits per heavy atom. The first-order chi connectivity index (χ1) is 7.75. The van der Waals surface area contributed by atoms with Crippen molar-refractivity contribution in [1.82, 2.24) is 15.5 Å². The third-order valence-corrected chi connectivity index (χ3v) is 2.65. The van der Waals surface area contributed by atoms with E-state index in [1.807, 2.05) is 6.92 Å². The van der Waals surface area contributed by atoms with Gasteiger partial charge in [-0.05, 0) is 20.3 Å². The fourth-order valence-corrected chi connectivity index (χ4v) is 1.54. The van der Waals surface area contributed by atoms with Crippen LogP contribution < -0.4 is 5.32 Å². The highest BCUT2D eigenvalue weighted by molar-refractivity contribution is 5.22. The van der Waals surface area contributed by atoms with Gasteiger partial charge >= 0.3 is 0 Å². The highest BCUT2D eigenvalue weighted by Crippen LogP contribution is 2.07. The predicted octanol–water partition coefficient (Wildman–Crippen LogP) is 1.93. The zero-order valence-electron chi connectivity index (χ0n) is 10.6. The summed E-state index contributed by atoms with van der Waals surface area (Å²) in [6.45, 7) is 9.68. The Morgan fingerprint density at radius 1 is 1.31 bits per heavy atom. The van der Waals surface area contributed by atoms with Gasteiger partial charge in [-0.25, -0.2) is 0 Å². The van der Waals surface area contributed by atoms with E-state index in [0.717, 1.165) is 44.1 Å². The standard InChI is InChI=1S/C12H23N3O/c1-4-5-7-16-8-6-13-9-12-10(2)14-15-11(12)3/h13H,4-9H2,1-3H3,(H,14,15). The Labute approximate surface area is 97.8 Å². The molecule has 0 saturated carbocycles. The Balaban J connectivity index is 2.07. The summed E-state index contributed by atoms with van der Waals surface area (Å²) < 4.78 is 5.47. The Morgan fingerprint density at radius 2 is 2.12 bits per heavy atom. The number of H-pyrrole nitrogens is 1. The largest absolute Gasteiger partial charge is 0.380 e. The molecule has 92 valence electrons. The van der Waals surface area contributed by atoms with E-state index in [-0.39, 0.29) is 0 Å². The summed E-state index contributed by atoms with van der Waals surface area (Å²) in [6, 6.07) is 0. The van der Waals surface area contributed by atoms with E-state index in [1.165, 1.54) is 12.0 Å². The van der Waals surface area contributed by atoms with Crippen molar-refractivity contribution < 1.29 is 4.74 Å². The molecule has 0 saturated heterocycles. The summed E-state index contributed by atoms with van der Waals surface area (Å²) in [5.41, 5.74) is 3.50. The van der Waals surface area contributed by atoms with Gasteiger partial charge in [0.1, 0.15) is 0 Å². The van der Waals surface area contributed by atoms with Gasteiger partial charge < -0.3 is 10.1 Å². The average molecular weight is 225 g/mol. The van der Waals surface area contributed by atoms with Crippen LogP contribution in [0.15, 0.2) is 0 Å². The summed E-state index contributed by atoms with van der Waals surface area (Å²) in [7, 11) is 0. The first-order valence-electron chi connectivity index (χ1n) is 6.04. The van der Waals surface area contributed by atoms with Crippen LogP contribution in [0.1, 0.15) is 36.7 Å². The maximum absolute atomic E-state index is 5.47. The van der Waals surface area contributed by atoms with Gasteiger partial charge in [0.2, 0.25) is 0 Å². The molecule has 0 amide bonds. The molecule has 16 heavy (non-hydrogen) atoms. The zero-order chi connectivity index (χ0) is 11.8. The number of rotatable bonds is 8. The number of ether oxygens (including phenoxy) is 1. The van der Waals surface area contributed by atoms with Crippen molar-refractivity contribution in [1.29, 1.82) is 0 Å². The first kappa shape index (κ1) is 13.2. The zero-order valence-corrected chi connectivity index (χ0v) is 10.6. The monoisotopic (exact) mass is 225 g/mol. The van der Waals surface area contributed by atoms with Crippen molar-refractivity contribution in [2.75, 3.05) is 19.8 Å². The van der Waals surface area contributed by atoms with Crippen LogP contribution in [-0.2, 0) is 11.3 Å². The molecule has 0 aliphatic carbocycles. The lowest BCUT2D eigenvalue weighted by Crippen LogP contribution is -2.20. The van der Waals surface area contributed by atoms with Crippen molar-refractivity contribution in [3.8, 4) is 0 Å². The van der Waals surface area contributed by atoms with E-state index in [1.54, 1.807) is 0 Å². The number of aromatic amines is 1. The van der Waals surface area contributed by atoms with E-state index in [4.69, 9.17) is 4.74 Å². The van der Waals surface area contributed by atoms with Crippen LogP contribution >= 0.6 is 0 Å². The van der Waals surface area contributed by atoms with Gasteiger partial charge in [0.05, 0.1) is 12.3 Å². The Bertz CT molecular complexity index is 277. The number of hydrogen-bond acceptors (Lipinski definition) is 3. The van der Waals surface area contributed by atoms with E-state index in [9.17, 15) is 0 Å². The normalized spacial score (nSPS) is 10.9. The molecular weight excluding hydrogens is 202 g/mol. The molecule has 0 aromatic carbocycles. The summed E-state index contributed by atoms with van der Waals surface area (Å²) in [5, 5.41) is 10.5. The van der Waals surface area contributed by atoms with Gasteiger partial charge in [0.25, 0.3) is 0 Å². The second kappa shape index (κ2) is 7.41. The average Bonchev–Trinajstić information content (AvgIpc) is 2.59. The second-order valence-corrected chi connectivity index (χ2v) is 4.06. The number of aromatic nitrogens is 2. The number of nitrogens with zero attached hydrogens (tertiary/aromatic N) is 1. The third kappa shape index (κ3) is 4.33. The number of aryl methyl sites for hydroxylation is 2. The molecule has 1 rings (SSSR count). The van der Waals surface area contributed by atoms with Gasteiger partial charge in [-0.15, -0.1) is 0 Å². The molecule has 1 aromatic rings. The quantitative estimate of drug-likeness (QED) is 0.665. The first-order valence-corrected chi connectivity index (χ1v) is 6.04. The van der Waals surface area contributed by atoms with Crippen molar-refractivity contribution >= 4 is 0 Å². The maximum atomic E-state index is 5.47. The van der Waals surface area contributed by atoms with Crippen molar-refractivity contribution in [2.24, 2.45) is 0 Å². The van der Waals surface area contributed by atoms with Gasteiger partial charge in [-0.3, -0.25) is 5.10 Å². The Kier molecular flexibility index (Phi) is 6.11. The third-order valence-electron chi connectivity index (χ3n) is 2.65. The van der Waals surface area contributed by atoms with Crippen molar-refractivity contribution in [3.63, 3.8) is 0 Å². The number of hydrogen-bond donors (Lipinski definition) is 2. The molecule has 0 aliphatic heterocycles. The van der Waals surface area contributed by atoms with Crippen LogP contribution in [0.2, 0.25) is 0 Å². The molecule has 4 nitrogen and oxygen atoms in total. The SMILES string of the molecule is CCCCOCCNCc1c(C)n[nH]c1C. The minimum absolute atomic E-state index is 0.788. The Hall–Kier alpha value is -0.870. The van der Waals surface area contributed by atoms with Gasteiger partial charge in [-0.2, -0.15) is 5.10 Å². The smallest absolute Gasteiger partial charge is 0.0638 e. The minimum atomic E-state index is 0.788. The molecule has 4 heteroatoms. The summed E-state index contributed by atoms with van der Waals surface area (Å²) in [5.74, 6) is 0. The fourth-order valence-electron chi connectivity index (χ4n) is 1.54. The molecular formula is C12H23N3O. The minimum Gasteiger partial charge on any atom is -0.380 e. The van der Waals surface area contributed by atoms with E-state index in [0.29, 0.717) is 0 Å². The fraction of sp³-hybridized carbons (Fsp3) is 0.750. The van der Waals surface area contributed by atoms with Crippen LogP contribution in [0, 0.1) is 13.8 Å². The highest BCUT2D eigenvalue weighted by Gasteiger charge is 2.04. The summed E-state index contributed by atoms with van der Waals surface area (Å²) >= 11 is 0. The van der Waals surface area contributed by atoms with Crippen molar-refractivity contribution in [3.05, 3.63) is 17.0 Å². The summed E-state index contributed by atoms with van der Waals surface area (Å²) in [4.78, 5) is 0. The van der Waals surface area contributed by atoms with Crippen LogP contribution in [0.3, 0.4) is 0 Å². The molecule has 0 bridgehead atoms. The second-order valence-electron chi connectivity index (χ2n) is 4.06. The number of unbranched alkanes of at least 4 members (excludes halogenated alkanes) is 1. The highest BCUT2D eigenvalue weighted by atomic mass is 16.5. The van der Waals surface area contributed by atoms with Crippen molar-refractivity contribution in [2.45, 2.75) is 40.2 Å². The molecule has 0 aliphatic rings. The molecule has 0 spiro atoms. The maximum Gasteiger partial charge on any atom is 0.0638 e. The van der Waals surface area contributed by atoms with Crippen LogP contribution in [0.4, 0.5) is 0 Å². The van der Waals surface area contributed by atoms with E-state index in [2.05, 4.69) is 29.4 Å². The van der Waals surface area contributed by atoms with Crippen LogP contribution in [-0.4, -0.2) is 30.0 Å². The molecule has 2 N–H and O–H groups in total. The molecule has 0 radical (unpaired) electrons. The topological polar surface area (TPSA) is 49.9 Å². The molecule has 1 heterocycles. The predicted molar refractivity (Wildman–Crippen MR) is 65.5 cm³/mol. The molecule has 1 aromatic heterocycles. The van der Waals surface area contributed by atoms with Crippen LogP contribution in [0.25, 0.3) is 0 Å². The van der Waals surface area contributed by atoms with Gasteiger partial charge in [0, 0.05) is 31.0 Å². The number of nitrogens with one attached hydrogen (secondary N) is 2. The van der Waals surface area contributed by atoms with Crippen LogP contribution in [0.5, 0.6) is 0 Å².